The van der Waals surface area contributed by atoms with Crippen molar-refractivity contribution in [1.29, 1.82) is 10.5 Å². The molecule has 3 aromatic rings. The van der Waals surface area contributed by atoms with Crippen LogP contribution in [0.3, 0.4) is 0 Å². The van der Waals surface area contributed by atoms with Crippen LogP contribution >= 0.6 is 0 Å². The predicted octanol–water partition coefficient (Wildman–Crippen LogP) is 1.51. The third-order valence-electron chi connectivity index (χ3n) is 6.18. The average Bonchev–Trinajstić information content (AvgIpc) is 3.39. The van der Waals surface area contributed by atoms with Crippen molar-refractivity contribution in [3.63, 3.8) is 0 Å². The largest absolute Gasteiger partial charge is 0.314 e. The highest BCUT2D eigenvalue weighted by molar-refractivity contribution is 5.91. The van der Waals surface area contributed by atoms with Gasteiger partial charge >= 0.3 is 0 Å². The molecule has 9 heteroatoms. The molecule has 0 radical (unpaired) electrons. The molecular formula is C21H21N9. The van der Waals surface area contributed by atoms with Crippen LogP contribution in [0.4, 0.5) is 0 Å². The number of nitrogens with one attached hydrogen (secondary N) is 2. The molecule has 3 aromatic heterocycles. The van der Waals surface area contributed by atoms with Crippen LogP contribution < -0.4 is 16.6 Å². The number of nitriles is 2. The summed E-state index contributed by atoms with van der Waals surface area (Å²) in [7, 11) is 0. The number of nitrogens with zero attached hydrogens (tertiary/aromatic N) is 6. The van der Waals surface area contributed by atoms with Crippen LogP contribution in [0, 0.1) is 28.6 Å². The molecule has 2 fully saturated rings. The molecule has 0 amide bonds. The lowest BCUT2D eigenvalue weighted by Gasteiger charge is -2.43. The standard InChI is InChI=1S/C21H21N9/c22-5-4-21(9-13(10-21)11-23)30-7-3-16(29-30)19-14-2-1-6-25-17(14)8-18(27-19)15-12-26-28-20(15)24/h1-3,6-8,13,15,20,26,28H,4,9-10,12,24H2. The highest BCUT2D eigenvalue weighted by Gasteiger charge is 2.46. The third kappa shape index (κ3) is 2.92. The van der Waals surface area contributed by atoms with E-state index in [9.17, 15) is 10.5 Å². The van der Waals surface area contributed by atoms with Crippen molar-refractivity contribution >= 4 is 10.9 Å². The topological polar surface area (TPSA) is 141 Å². The second-order valence-electron chi connectivity index (χ2n) is 8.06. The van der Waals surface area contributed by atoms with E-state index in [0.717, 1.165) is 28.0 Å². The predicted molar refractivity (Wildman–Crippen MR) is 109 cm³/mol. The lowest BCUT2D eigenvalue weighted by atomic mass is 9.67. The van der Waals surface area contributed by atoms with E-state index in [0.29, 0.717) is 25.8 Å². The van der Waals surface area contributed by atoms with Gasteiger partial charge in [-0.2, -0.15) is 15.6 Å². The molecule has 1 aliphatic carbocycles. The zero-order valence-electron chi connectivity index (χ0n) is 16.3. The summed E-state index contributed by atoms with van der Waals surface area (Å²) in [5.41, 5.74) is 15.0. The lowest BCUT2D eigenvalue weighted by molar-refractivity contribution is 0.0884. The Bertz CT molecular complexity index is 1180. The molecule has 150 valence electrons. The number of nitrogens with two attached hydrogens (primary N) is 1. The van der Waals surface area contributed by atoms with Gasteiger partial charge in [0.15, 0.2) is 0 Å². The van der Waals surface area contributed by atoms with Gasteiger partial charge in [0.05, 0.1) is 47.4 Å². The van der Waals surface area contributed by atoms with E-state index >= 15 is 0 Å². The fourth-order valence-electron chi connectivity index (χ4n) is 4.51. The van der Waals surface area contributed by atoms with Crippen molar-refractivity contribution in [2.45, 2.75) is 36.9 Å². The number of hydrogen-bond donors (Lipinski definition) is 3. The normalized spacial score (nSPS) is 28.0. The van der Waals surface area contributed by atoms with Gasteiger partial charge in [-0.05, 0) is 37.1 Å². The smallest absolute Gasteiger partial charge is 0.111 e. The van der Waals surface area contributed by atoms with Crippen LogP contribution in [0.2, 0.25) is 0 Å². The first kappa shape index (κ1) is 18.6. The van der Waals surface area contributed by atoms with Gasteiger partial charge in [0.1, 0.15) is 11.4 Å². The fraction of sp³-hybridized carbons (Fsp3) is 0.381. The van der Waals surface area contributed by atoms with E-state index in [1.165, 1.54) is 0 Å². The minimum atomic E-state index is -0.416. The van der Waals surface area contributed by atoms with Crippen molar-refractivity contribution in [3.8, 4) is 23.5 Å². The average molecular weight is 399 g/mol. The number of pyridine rings is 2. The van der Waals surface area contributed by atoms with Crippen molar-refractivity contribution in [3.05, 3.63) is 42.4 Å². The molecule has 1 saturated carbocycles. The summed E-state index contributed by atoms with van der Waals surface area (Å²) in [4.78, 5) is 9.45. The van der Waals surface area contributed by atoms with Crippen LogP contribution in [-0.2, 0) is 5.54 Å². The number of fused-ring (bicyclic) bond motifs is 1. The summed E-state index contributed by atoms with van der Waals surface area (Å²) in [6, 6.07) is 12.3. The molecule has 5 rings (SSSR count). The second-order valence-corrected chi connectivity index (χ2v) is 8.06. The van der Waals surface area contributed by atoms with Gasteiger partial charge < -0.3 is 5.73 Å². The Kier molecular flexibility index (Phi) is 4.44. The zero-order chi connectivity index (χ0) is 20.7. The van der Waals surface area contributed by atoms with Crippen LogP contribution in [0.1, 0.15) is 30.9 Å². The Labute approximate surface area is 173 Å². The first-order valence-corrected chi connectivity index (χ1v) is 9.96. The second kappa shape index (κ2) is 7.15. The maximum atomic E-state index is 9.32. The van der Waals surface area contributed by atoms with E-state index < -0.39 is 5.54 Å². The minimum Gasteiger partial charge on any atom is -0.314 e. The lowest BCUT2D eigenvalue weighted by Crippen LogP contribution is -2.46. The molecule has 0 spiro atoms. The van der Waals surface area contributed by atoms with E-state index in [2.05, 4.69) is 28.0 Å². The van der Waals surface area contributed by atoms with Crippen LogP contribution in [0.15, 0.2) is 36.7 Å². The van der Waals surface area contributed by atoms with Gasteiger partial charge in [0.2, 0.25) is 0 Å². The quantitative estimate of drug-likeness (QED) is 0.599. The summed E-state index contributed by atoms with van der Waals surface area (Å²) in [5.74, 6) is -0.00784. The van der Waals surface area contributed by atoms with Gasteiger partial charge in [-0.25, -0.2) is 10.4 Å². The Hall–Kier alpha value is -3.37. The van der Waals surface area contributed by atoms with Crippen molar-refractivity contribution in [2.75, 3.05) is 6.54 Å². The van der Waals surface area contributed by atoms with E-state index in [1.54, 1.807) is 6.20 Å². The highest BCUT2D eigenvalue weighted by Crippen LogP contribution is 2.46. The highest BCUT2D eigenvalue weighted by atomic mass is 15.4. The zero-order valence-corrected chi connectivity index (χ0v) is 16.3. The summed E-state index contributed by atoms with van der Waals surface area (Å²) >= 11 is 0. The Morgan fingerprint density at radius 2 is 2.17 bits per heavy atom. The third-order valence-corrected chi connectivity index (χ3v) is 6.18. The molecule has 2 unspecified atom stereocenters. The van der Waals surface area contributed by atoms with Crippen molar-refractivity contribution < 1.29 is 0 Å². The first-order chi connectivity index (χ1) is 14.6. The number of aromatic nitrogens is 4. The number of rotatable bonds is 4. The molecular weight excluding hydrogens is 378 g/mol. The van der Waals surface area contributed by atoms with E-state index in [-0.39, 0.29) is 18.0 Å². The molecule has 2 atom stereocenters. The summed E-state index contributed by atoms with van der Waals surface area (Å²) in [6.45, 7) is 0.682. The van der Waals surface area contributed by atoms with Gasteiger partial charge in [-0.15, -0.1) is 0 Å². The summed E-state index contributed by atoms with van der Waals surface area (Å²) in [6.07, 6.45) is 5.03. The monoisotopic (exact) mass is 399 g/mol. The Morgan fingerprint density at radius 3 is 2.90 bits per heavy atom. The molecule has 0 aromatic carbocycles. The van der Waals surface area contributed by atoms with Crippen molar-refractivity contribution in [1.82, 2.24) is 30.6 Å². The first-order valence-electron chi connectivity index (χ1n) is 9.96. The molecule has 1 saturated heterocycles. The maximum Gasteiger partial charge on any atom is 0.111 e. The fourth-order valence-corrected chi connectivity index (χ4v) is 4.51. The number of hydrazine groups is 1. The van der Waals surface area contributed by atoms with Crippen molar-refractivity contribution in [2.24, 2.45) is 11.7 Å². The van der Waals surface area contributed by atoms with Crippen LogP contribution in [0.5, 0.6) is 0 Å². The van der Waals surface area contributed by atoms with Crippen LogP contribution in [-0.4, -0.2) is 32.5 Å². The van der Waals surface area contributed by atoms with Gasteiger partial charge in [-0.1, -0.05) is 0 Å². The van der Waals surface area contributed by atoms with E-state index in [1.807, 2.05) is 35.1 Å². The molecule has 2 aliphatic rings. The van der Waals surface area contributed by atoms with Crippen LogP contribution in [0.25, 0.3) is 22.3 Å². The maximum absolute atomic E-state index is 9.32. The van der Waals surface area contributed by atoms with Gasteiger partial charge in [0.25, 0.3) is 0 Å². The summed E-state index contributed by atoms with van der Waals surface area (Å²) in [5, 5.41) is 24.2. The Morgan fingerprint density at radius 1 is 1.30 bits per heavy atom. The molecule has 4 heterocycles. The summed E-state index contributed by atoms with van der Waals surface area (Å²) < 4.78 is 1.85. The van der Waals surface area contributed by atoms with Gasteiger partial charge in [-0.3, -0.25) is 15.1 Å². The molecule has 1 aliphatic heterocycles. The SMILES string of the molecule is N#CCC1(n2ccc(-c3nc(C4CNNC4N)cc4ncccc34)n2)CC(C#N)C1. The minimum absolute atomic E-state index is 0.0187. The Balaban J connectivity index is 1.59. The molecule has 0 bridgehead atoms. The molecule has 30 heavy (non-hydrogen) atoms. The molecule has 4 N–H and O–H groups in total. The number of hydrogen-bond acceptors (Lipinski definition) is 8. The van der Waals surface area contributed by atoms with E-state index in [4.69, 9.17) is 15.8 Å². The van der Waals surface area contributed by atoms with Gasteiger partial charge in [0, 0.05) is 30.2 Å². The molecule has 9 nitrogen and oxygen atoms in total.